The molecule has 1 aliphatic heterocycles. The first-order valence-electron chi connectivity index (χ1n) is 13.7. The highest BCUT2D eigenvalue weighted by molar-refractivity contribution is 7.14. The highest BCUT2D eigenvalue weighted by Gasteiger charge is 2.30. The normalized spacial score (nSPS) is 23.3. The number of fused-ring (bicyclic) bond motifs is 4. The Morgan fingerprint density at radius 1 is 1.08 bits per heavy atom. The molecule has 2 heterocycles. The molecule has 0 spiro atoms. The standard InChI is InChI=1S/C29H38N4O5S/c1-16-5-4-6-23(32-28(36)19-9-7-18(15-30)8-10-19)25-14-22(26(39-25)17(2)34)21-12-11-20(31-29(37)38-3)13-24(21)33-27(16)35/h11-14,16,18-19,23H,4-10,15,30H2,1-3H3,(H,31,37)(H,32,36)(H,33,35)/t16?,18-,19-,23-/m0/s1. The monoisotopic (exact) mass is 554 g/mol. The number of nitrogens with two attached hydrogens (primary N) is 1. The molecule has 1 saturated carbocycles. The van der Waals surface area contributed by atoms with Crippen LogP contribution in [0, 0.1) is 17.8 Å². The number of carbonyl (C=O) groups is 4. The predicted molar refractivity (Wildman–Crippen MR) is 153 cm³/mol. The van der Waals surface area contributed by atoms with Gasteiger partial charge < -0.3 is 21.1 Å². The number of rotatable bonds is 5. The first-order valence-corrected chi connectivity index (χ1v) is 14.5. The first kappa shape index (κ1) is 28.8. The molecule has 2 aliphatic rings. The quantitative estimate of drug-likeness (QED) is 0.361. The maximum atomic E-state index is 13.3. The number of hydrogen-bond acceptors (Lipinski definition) is 7. The Kier molecular flexibility index (Phi) is 9.40. The zero-order valence-corrected chi connectivity index (χ0v) is 23.6. The maximum Gasteiger partial charge on any atom is 0.411 e. The second-order valence-electron chi connectivity index (χ2n) is 10.7. The fourth-order valence-electron chi connectivity index (χ4n) is 5.42. The van der Waals surface area contributed by atoms with Crippen molar-refractivity contribution in [2.24, 2.45) is 23.5 Å². The minimum Gasteiger partial charge on any atom is -0.453 e. The molecule has 2 bridgehead atoms. The van der Waals surface area contributed by atoms with Crippen molar-refractivity contribution in [3.05, 3.63) is 34.0 Å². The first-order chi connectivity index (χ1) is 18.7. The minimum absolute atomic E-state index is 0.0351. The lowest BCUT2D eigenvalue weighted by Gasteiger charge is -2.28. The van der Waals surface area contributed by atoms with Crippen LogP contribution in [-0.2, 0) is 14.3 Å². The van der Waals surface area contributed by atoms with Crippen molar-refractivity contribution >= 4 is 46.4 Å². The van der Waals surface area contributed by atoms with Crippen LogP contribution in [0.2, 0.25) is 0 Å². The third kappa shape index (κ3) is 6.86. The van der Waals surface area contributed by atoms with Crippen molar-refractivity contribution in [1.82, 2.24) is 5.32 Å². The predicted octanol–water partition coefficient (Wildman–Crippen LogP) is 5.48. The van der Waals surface area contributed by atoms with Gasteiger partial charge in [-0.05, 0) is 76.1 Å². The largest absolute Gasteiger partial charge is 0.453 e. The summed E-state index contributed by atoms with van der Waals surface area (Å²) in [5, 5.41) is 8.92. The van der Waals surface area contributed by atoms with Gasteiger partial charge in [0.05, 0.1) is 23.7 Å². The molecule has 1 fully saturated rings. The Labute approximate surface area is 233 Å². The Bertz CT molecular complexity index is 1230. The van der Waals surface area contributed by atoms with Gasteiger partial charge in [0.1, 0.15) is 0 Å². The van der Waals surface area contributed by atoms with Crippen LogP contribution in [0.5, 0.6) is 0 Å². The maximum absolute atomic E-state index is 13.3. The Morgan fingerprint density at radius 2 is 1.82 bits per heavy atom. The van der Waals surface area contributed by atoms with Gasteiger partial charge in [-0.3, -0.25) is 19.7 Å². The molecule has 210 valence electrons. The molecule has 2 aromatic rings. The number of benzene rings is 1. The van der Waals surface area contributed by atoms with Crippen LogP contribution in [0.3, 0.4) is 0 Å². The van der Waals surface area contributed by atoms with Crippen LogP contribution >= 0.6 is 11.3 Å². The third-order valence-corrected chi connectivity index (χ3v) is 9.21. The molecule has 4 rings (SSSR count). The molecular weight excluding hydrogens is 516 g/mol. The molecule has 10 heteroatoms. The molecule has 1 unspecified atom stereocenters. The van der Waals surface area contributed by atoms with Gasteiger partial charge in [-0.2, -0.15) is 0 Å². The van der Waals surface area contributed by atoms with Gasteiger partial charge in [0.2, 0.25) is 11.8 Å². The van der Waals surface area contributed by atoms with E-state index in [2.05, 4.69) is 16.0 Å². The van der Waals surface area contributed by atoms with Crippen molar-refractivity contribution in [3.8, 4) is 11.1 Å². The lowest BCUT2D eigenvalue weighted by molar-refractivity contribution is -0.127. The van der Waals surface area contributed by atoms with E-state index in [-0.39, 0.29) is 35.5 Å². The lowest BCUT2D eigenvalue weighted by Crippen LogP contribution is -2.36. The van der Waals surface area contributed by atoms with Crippen molar-refractivity contribution in [1.29, 1.82) is 0 Å². The minimum atomic E-state index is -0.625. The summed E-state index contributed by atoms with van der Waals surface area (Å²) < 4.78 is 4.70. The van der Waals surface area contributed by atoms with Crippen LogP contribution in [-0.4, -0.2) is 37.3 Å². The summed E-state index contributed by atoms with van der Waals surface area (Å²) in [6.45, 7) is 4.06. The number of amides is 3. The second-order valence-corrected chi connectivity index (χ2v) is 11.7. The van der Waals surface area contributed by atoms with Crippen LogP contribution in [0.4, 0.5) is 16.2 Å². The van der Waals surface area contributed by atoms with Crippen LogP contribution in [0.15, 0.2) is 24.3 Å². The van der Waals surface area contributed by atoms with E-state index < -0.39 is 6.09 Å². The van der Waals surface area contributed by atoms with Crippen molar-refractivity contribution in [2.75, 3.05) is 24.3 Å². The van der Waals surface area contributed by atoms with E-state index in [9.17, 15) is 19.2 Å². The number of carbonyl (C=O) groups excluding carboxylic acids is 4. The van der Waals surface area contributed by atoms with Crippen LogP contribution in [0.1, 0.15) is 79.4 Å². The average Bonchev–Trinajstić information content (AvgIpc) is 3.37. The second kappa shape index (κ2) is 12.7. The number of hydrogen-bond donors (Lipinski definition) is 4. The smallest absolute Gasteiger partial charge is 0.411 e. The van der Waals surface area contributed by atoms with Gasteiger partial charge in [-0.15, -0.1) is 11.3 Å². The average molecular weight is 555 g/mol. The number of anilines is 2. The Morgan fingerprint density at radius 3 is 2.49 bits per heavy atom. The summed E-state index contributed by atoms with van der Waals surface area (Å²) in [5.41, 5.74) is 8.14. The van der Waals surface area contributed by atoms with E-state index in [1.165, 1.54) is 25.4 Å². The van der Waals surface area contributed by atoms with Crippen molar-refractivity contribution in [3.63, 3.8) is 0 Å². The van der Waals surface area contributed by atoms with Crippen LogP contribution in [0.25, 0.3) is 11.1 Å². The highest BCUT2D eigenvalue weighted by Crippen LogP contribution is 2.41. The van der Waals surface area contributed by atoms with E-state index in [0.717, 1.165) is 37.0 Å². The number of thiophene rings is 1. The van der Waals surface area contributed by atoms with Crippen molar-refractivity contribution in [2.45, 2.75) is 64.8 Å². The van der Waals surface area contributed by atoms with Crippen molar-refractivity contribution < 1.29 is 23.9 Å². The van der Waals surface area contributed by atoms with Gasteiger partial charge in [0, 0.05) is 33.5 Å². The molecule has 0 radical (unpaired) electrons. The van der Waals surface area contributed by atoms with Gasteiger partial charge in [-0.1, -0.05) is 19.4 Å². The molecule has 3 amide bonds. The summed E-state index contributed by atoms with van der Waals surface area (Å²) in [6.07, 6.45) is 5.03. The topological polar surface area (TPSA) is 140 Å². The number of Topliss-reactive ketones (excluding diaryl/α,β-unsaturated/α-hetero) is 1. The van der Waals surface area contributed by atoms with Gasteiger partial charge in [-0.25, -0.2) is 4.79 Å². The summed E-state index contributed by atoms with van der Waals surface area (Å²) in [6, 6.07) is 6.86. The summed E-state index contributed by atoms with van der Waals surface area (Å²) >= 11 is 1.39. The van der Waals surface area contributed by atoms with E-state index in [4.69, 9.17) is 10.5 Å². The highest BCUT2D eigenvalue weighted by atomic mass is 32.1. The third-order valence-electron chi connectivity index (χ3n) is 7.86. The molecule has 1 aliphatic carbocycles. The molecule has 1 aromatic carbocycles. The SMILES string of the molecule is COC(=O)Nc1ccc2c(c1)NC(=O)C(C)CCC[C@H](NC(=O)[C@H]1CC[C@H](CN)CC1)c1cc-2c(C(C)=O)s1. The molecule has 2 atom stereocenters. The summed E-state index contributed by atoms with van der Waals surface area (Å²) in [5.74, 6) is -0.00571. The van der Waals surface area contributed by atoms with Gasteiger partial charge in [0.15, 0.2) is 5.78 Å². The number of methoxy groups -OCH3 is 1. The molecule has 1 aromatic heterocycles. The van der Waals surface area contributed by atoms with Gasteiger partial charge >= 0.3 is 6.09 Å². The van der Waals surface area contributed by atoms with Gasteiger partial charge in [0.25, 0.3) is 0 Å². The fourth-order valence-corrected chi connectivity index (χ4v) is 6.58. The van der Waals surface area contributed by atoms with E-state index in [1.807, 2.05) is 13.0 Å². The lowest BCUT2D eigenvalue weighted by atomic mass is 9.81. The summed E-state index contributed by atoms with van der Waals surface area (Å²) in [7, 11) is 1.28. The molecular formula is C29H38N4O5S. The van der Waals surface area contributed by atoms with E-state index in [1.54, 1.807) is 18.2 Å². The number of nitrogens with one attached hydrogen (secondary N) is 3. The summed E-state index contributed by atoms with van der Waals surface area (Å²) in [4.78, 5) is 52.5. The molecule has 9 nitrogen and oxygen atoms in total. The number of ether oxygens (including phenoxy) is 1. The van der Waals surface area contributed by atoms with E-state index in [0.29, 0.717) is 52.7 Å². The zero-order valence-electron chi connectivity index (χ0n) is 22.8. The zero-order chi connectivity index (χ0) is 28.1. The Hall–Kier alpha value is -3.24. The molecule has 5 N–H and O–H groups in total. The molecule has 39 heavy (non-hydrogen) atoms. The Balaban J connectivity index is 1.71. The fraction of sp³-hybridized carbons (Fsp3) is 0.517. The van der Waals surface area contributed by atoms with E-state index >= 15 is 0 Å². The molecule has 0 saturated heterocycles. The van der Waals surface area contributed by atoms with Crippen LogP contribution < -0.4 is 21.7 Å². The number of ketones is 1.